The lowest BCUT2D eigenvalue weighted by Gasteiger charge is -2.26. The van der Waals surface area contributed by atoms with E-state index in [9.17, 15) is 4.79 Å². The van der Waals surface area contributed by atoms with Gasteiger partial charge in [-0.2, -0.15) is 5.10 Å². The van der Waals surface area contributed by atoms with Gasteiger partial charge in [-0.25, -0.2) is 19.6 Å². The number of nitrogens with zero attached hydrogens (tertiary/aromatic N) is 5. The largest absolute Gasteiger partial charge is 0.383 e. The molecule has 4 aromatic rings. The number of hydrogen-bond acceptors (Lipinski definition) is 6. The van der Waals surface area contributed by atoms with Gasteiger partial charge in [0.2, 0.25) is 0 Å². The Hall–Kier alpha value is -3.33. The van der Waals surface area contributed by atoms with Gasteiger partial charge in [0, 0.05) is 22.8 Å². The van der Waals surface area contributed by atoms with E-state index in [1.54, 1.807) is 23.0 Å². The first kappa shape index (κ1) is 20.9. The molecule has 4 rings (SSSR count). The van der Waals surface area contributed by atoms with Crippen LogP contribution in [0.5, 0.6) is 0 Å². The smallest absolute Gasteiger partial charge is 0.269 e. The van der Waals surface area contributed by atoms with Crippen molar-refractivity contribution in [2.45, 2.75) is 26.3 Å². The molecule has 0 fully saturated rings. The zero-order valence-corrected chi connectivity index (χ0v) is 19.0. The third-order valence-electron chi connectivity index (χ3n) is 5.03. The highest BCUT2D eigenvalue weighted by Crippen LogP contribution is 2.33. The van der Waals surface area contributed by atoms with Crippen LogP contribution in [0, 0.1) is 6.92 Å². The Morgan fingerprint density at radius 1 is 1.13 bits per heavy atom. The van der Waals surface area contributed by atoms with Crippen LogP contribution >= 0.6 is 15.9 Å². The Morgan fingerprint density at radius 2 is 1.87 bits per heavy atom. The molecule has 0 bridgehead atoms. The fraction of sp³-hybridized carbons (Fsp3) is 0.227. The number of nitrogens with two attached hydrogens (primary N) is 1. The maximum atomic E-state index is 12.5. The molecule has 0 spiro atoms. The first-order valence-electron chi connectivity index (χ1n) is 9.73. The minimum atomic E-state index is -0.590. The number of halogens is 1. The number of amides is 1. The lowest BCUT2D eigenvalue weighted by atomic mass is 10.1. The number of carbonyl (C=O) groups excluding carboxylic acids is 1. The van der Waals surface area contributed by atoms with Crippen molar-refractivity contribution < 1.29 is 4.79 Å². The van der Waals surface area contributed by atoms with Crippen LogP contribution in [0.1, 0.15) is 29.9 Å². The van der Waals surface area contributed by atoms with Crippen LogP contribution in [0.25, 0.3) is 22.3 Å². The summed E-state index contributed by atoms with van der Waals surface area (Å²) in [6, 6.07) is 11.5. The van der Waals surface area contributed by atoms with Gasteiger partial charge in [-0.05, 0) is 48.8 Å². The van der Waals surface area contributed by atoms with Crippen molar-refractivity contribution in [3.8, 4) is 11.3 Å². The fourth-order valence-corrected chi connectivity index (χ4v) is 3.52. The molecular formula is C22H22BrN7O. The van der Waals surface area contributed by atoms with Crippen LogP contribution in [0.15, 0.2) is 53.4 Å². The van der Waals surface area contributed by atoms with Gasteiger partial charge in [-0.15, -0.1) is 0 Å². The normalized spacial score (nSPS) is 11.6. The minimum Gasteiger partial charge on any atom is -0.383 e. The van der Waals surface area contributed by atoms with Crippen LogP contribution < -0.4 is 11.1 Å². The number of fused-ring (bicyclic) bond motifs is 1. The third-order valence-corrected chi connectivity index (χ3v) is 5.50. The SMILES string of the molecule is Cc1ccc(-c2nn(C(C)(C)CNC(=O)c3ccc(Br)cn3)c3ncnc(N)c23)cc1. The molecule has 3 aromatic heterocycles. The molecule has 0 saturated heterocycles. The highest BCUT2D eigenvalue weighted by atomic mass is 79.9. The molecule has 1 amide bonds. The first-order valence-corrected chi connectivity index (χ1v) is 10.5. The molecule has 0 aliphatic rings. The van der Waals surface area contributed by atoms with Crippen molar-refractivity contribution in [1.82, 2.24) is 30.0 Å². The van der Waals surface area contributed by atoms with Crippen molar-refractivity contribution in [2.24, 2.45) is 0 Å². The van der Waals surface area contributed by atoms with E-state index in [4.69, 9.17) is 10.8 Å². The number of aryl methyl sites for hydroxylation is 1. The Morgan fingerprint density at radius 3 is 2.55 bits per heavy atom. The molecule has 0 radical (unpaired) electrons. The fourth-order valence-electron chi connectivity index (χ4n) is 3.28. The van der Waals surface area contributed by atoms with Crippen molar-refractivity contribution in [3.63, 3.8) is 0 Å². The van der Waals surface area contributed by atoms with Gasteiger partial charge in [0.1, 0.15) is 23.5 Å². The topological polar surface area (TPSA) is 112 Å². The molecule has 9 heteroatoms. The van der Waals surface area contributed by atoms with Crippen molar-refractivity contribution in [3.05, 3.63) is 64.7 Å². The Bertz CT molecular complexity index is 1250. The van der Waals surface area contributed by atoms with E-state index >= 15 is 0 Å². The summed E-state index contributed by atoms with van der Waals surface area (Å²) in [7, 11) is 0. The molecule has 0 saturated carbocycles. The zero-order valence-electron chi connectivity index (χ0n) is 17.4. The van der Waals surface area contributed by atoms with Crippen LogP contribution in [-0.2, 0) is 5.54 Å². The maximum absolute atomic E-state index is 12.5. The molecule has 1 aromatic carbocycles. The first-order chi connectivity index (χ1) is 14.8. The molecule has 8 nitrogen and oxygen atoms in total. The average Bonchev–Trinajstić information content (AvgIpc) is 3.15. The van der Waals surface area contributed by atoms with Gasteiger partial charge < -0.3 is 11.1 Å². The quantitative estimate of drug-likeness (QED) is 0.451. The molecule has 3 N–H and O–H groups in total. The monoisotopic (exact) mass is 479 g/mol. The Labute approximate surface area is 188 Å². The van der Waals surface area contributed by atoms with E-state index < -0.39 is 5.54 Å². The molecule has 0 aliphatic carbocycles. The van der Waals surface area contributed by atoms with E-state index in [1.807, 2.05) is 45.0 Å². The second-order valence-electron chi connectivity index (χ2n) is 7.94. The van der Waals surface area contributed by atoms with Gasteiger partial charge in [-0.3, -0.25) is 4.79 Å². The van der Waals surface area contributed by atoms with Crippen LogP contribution in [0.3, 0.4) is 0 Å². The molecule has 0 unspecified atom stereocenters. The molecular weight excluding hydrogens is 458 g/mol. The Balaban J connectivity index is 1.69. The Kier molecular flexibility index (Phi) is 5.45. The highest BCUT2D eigenvalue weighted by Gasteiger charge is 2.28. The van der Waals surface area contributed by atoms with Crippen LogP contribution in [0.2, 0.25) is 0 Å². The summed E-state index contributed by atoms with van der Waals surface area (Å²) in [4.78, 5) is 25.3. The predicted molar refractivity (Wildman–Crippen MR) is 124 cm³/mol. The zero-order chi connectivity index (χ0) is 22.2. The lowest BCUT2D eigenvalue weighted by molar-refractivity contribution is 0.0931. The summed E-state index contributed by atoms with van der Waals surface area (Å²) in [5.41, 5.74) is 9.36. The van der Waals surface area contributed by atoms with E-state index in [2.05, 4.69) is 36.2 Å². The van der Waals surface area contributed by atoms with Crippen LogP contribution in [0.4, 0.5) is 5.82 Å². The van der Waals surface area contributed by atoms with Crippen molar-refractivity contribution >= 4 is 38.7 Å². The number of anilines is 1. The van der Waals surface area contributed by atoms with Gasteiger partial charge in [0.25, 0.3) is 5.91 Å². The van der Waals surface area contributed by atoms with Crippen LogP contribution in [-0.4, -0.2) is 37.2 Å². The summed E-state index contributed by atoms with van der Waals surface area (Å²) in [5.74, 6) is 0.107. The highest BCUT2D eigenvalue weighted by molar-refractivity contribution is 9.10. The minimum absolute atomic E-state index is 0.259. The number of pyridine rings is 1. The number of hydrogen-bond donors (Lipinski definition) is 2. The second-order valence-corrected chi connectivity index (χ2v) is 8.86. The third kappa shape index (κ3) is 4.13. The summed E-state index contributed by atoms with van der Waals surface area (Å²) >= 11 is 3.32. The molecule has 158 valence electrons. The molecule has 3 heterocycles. The second kappa shape index (κ2) is 8.07. The summed E-state index contributed by atoms with van der Waals surface area (Å²) < 4.78 is 2.61. The van der Waals surface area contributed by atoms with E-state index in [1.165, 1.54) is 6.33 Å². The van der Waals surface area contributed by atoms with E-state index in [0.29, 0.717) is 34.8 Å². The number of benzene rings is 1. The summed E-state index contributed by atoms with van der Waals surface area (Å²) in [6.07, 6.45) is 3.02. The van der Waals surface area contributed by atoms with Gasteiger partial charge in [0.05, 0.1) is 10.9 Å². The predicted octanol–water partition coefficient (Wildman–Crippen LogP) is 3.71. The van der Waals surface area contributed by atoms with E-state index in [-0.39, 0.29) is 5.91 Å². The summed E-state index contributed by atoms with van der Waals surface area (Å²) in [6.45, 7) is 6.31. The van der Waals surface area contributed by atoms with Crippen molar-refractivity contribution in [2.75, 3.05) is 12.3 Å². The van der Waals surface area contributed by atoms with E-state index in [0.717, 1.165) is 15.6 Å². The number of aromatic nitrogens is 5. The number of nitrogens with one attached hydrogen (secondary N) is 1. The lowest BCUT2D eigenvalue weighted by Crippen LogP contribution is -2.41. The maximum Gasteiger partial charge on any atom is 0.269 e. The van der Waals surface area contributed by atoms with Gasteiger partial charge >= 0.3 is 0 Å². The average molecular weight is 480 g/mol. The standard InChI is InChI=1S/C22H22BrN7O/c1-13-4-6-14(7-5-13)18-17-19(24)27-12-28-20(17)30(29-18)22(2,3)11-26-21(31)16-9-8-15(23)10-25-16/h4-10,12H,11H2,1-3H3,(H,26,31)(H2,24,27,28). The summed E-state index contributed by atoms with van der Waals surface area (Å²) in [5, 5.41) is 8.48. The number of rotatable bonds is 5. The molecule has 0 aliphatic heterocycles. The van der Waals surface area contributed by atoms with Gasteiger partial charge in [0.15, 0.2) is 5.65 Å². The molecule has 31 heavy (non-hydrogen) atoms. The number of nitrogen functional groups attached to an aromatic ring is 1. The molecule has 0 atom stereocenters. The van der Waals surface area contributed by atoms with Gasteiger partial charge in [-0.1, -0.05) is 29.8 Å². The number of carbonyl (C=O) groups is 1. The van der Waals surface area contributed by atoms with Crippen molar-refractivity contribution in [1.29, 1.82) is 0 Å².